The summed E-state index contributed by atoms with van der Waals surface area (Å²) in [6.07, 6.45) is 0. The van der Waals surface area contributed by atoms with E-state index < -0.39 is 8.07 Å². The summed E-state index contributed by atoms with van der Waals surface area (Å²) in [5.74, 6) is 0. The molecule has 1 saturated heterocycles. The molecule has 0 spiro atoms. The Kier molecular flexibility index (Phi) is 4.05. The Labute approximate surface area is 128 Å². The summed E-state index contributed by atoms with van der Waals surface area (Å²) in [4.78, 5) is 2.42. The summed E-state index contributed by atoms with van der Waals surface area (Å²) in [5, 5.41) is 2.71. The van der Waals surface area contributed by atoms with Crippen LogP contribution in [0.3, 0.4) is 0 Å². The molecule has 2 aromatic carbocycles. The van der Waals surface area contributed by atoms with Gasteiger partial charge in [0.05, 0.1) is 13.2 Å². The van der Waals surface area contributed by atoms with E-state index in [2.05, 4.69) is 60.9 Å². The van der Waals surface area contributed by atoms with Crippen LogP contribution in [0.15, 0.2) is 36.4 Å². The number of rotatable bonds is 3. The van der Waals surface area contributed by atoms with Crippen molar-refractivity contribution in [2.45, 2.75) is 25.7 Å². The molecule has 112 valence electrons. The highest BCUT2D eigenvalue weighted by Crippen LogP contribution is 2.25. The second-order valence-electron chi connectivity index (χ2n) is 7.20. The van der Waals surface area contributed by atoms with Gasteiger partial charge in [-0.15, -0.1) is 0 Å². The molecule has 1 aliphatic rings. The molecule has 0 unspecified atom stereocenters. The summed E-state index contributed by atoms with van der Waals surface area (Å²) in [5.41, 5.74) is 2.81. The SMILES string of the molecule is C[Si](C)(C)Cc1ccc2cc(N3CCOCC3)ccc2c1. The predicted octanol–water partition coefficient (Wildman–Crippen LogP) is 4.10. The third-order valence-electron chi connectivity index (χ3n) is 4.00. The third-order valence-corrected chi connectivity index (χ3v) is 5.47. The summed E-state index contributed by atoms with van der Waals surface area (Å²) in [6, 6.07) is 15.1. The molecular weight excluding hydrogens is 274 g/mol. The zero-order valence-electron chi connectivity index (χ0n) is 13.4. The first-order valence-corrected chi connectivity index (χ1v) is 11.6. The fourth-order valence-electron chi connectivity index (χ4n) is 3.02. The Morgan fingerprint density at radius 2 is 1.62 bits per heavy atom. The van der Waals surface area contributed by atoms with Crippen molar-refractivity contribution in [1.29, 1.82) is 0 Å². The molecule has 0 amide bonds. The Morgan fingerprint density at radius 1 is 0.952 bits per heavy atom. The standard InChI is InChI=1S/C18H25NOSi/c1-21(2,3)14-15-4-5-17-13-18(7-6-16(17)12-15)19-8-10-20-11-9-19/h4-7,12-13H,8-11,14H2,1-3H3. The predicted molar refractivity (Wildman–Crippen MR) is 94.0 cm³/mol. The van der Waals surface area contributed by atoms with Crippen molar-refractivity contribution in [3.05, 3.63) is 42.0 Å². The minimum absolute atomic E-state index is 0.840. The second-order valence-corrected chi connectivity index (χ2v) is 12.7. The van der Waals surface area contributed by atoms with E-state index in [1.807, 2.05) is 0 Å². The van der Waals surface area contributed by atoms with Gasteiger partial charge in [-0.25, -0.2) is 0 Å². The molecular formula is C18H25NOSi. The topological polar surface area (TPSA) is 12.5 Å². The molecule has 0 bridgehead atoms. The third kappa shape index (κ3) is 3.66. The van der Waals surface area contributed by atoms with Gasteiger partial charge in [-0.2, -0.15) is 0 Å². The molecule has 21 heavy (non-hydrogen) atoms. The Hall–Kier alpha value is -1.32. The zero-order chi connectivity index (χ0) is 14.9. The van der Waals surface area contributed by atoms with Gasteiger partial charge in [-0.1, -0.05) is 49.5 Å². The van der Waals surface area contributed by atoms with E-state index in [1.54, 1.807) is 0 Å². The van der Waals surface area contributed by atoms with Crippen LogP contribution in [0.25, 0.3) is 10.8 Å². The molecule has 2 aromatic rings. The average Bonchev–Trinajstić information content (AvgIpc) is 2.46. The van der Waals surface area contributed by atoms with Gasteiger partial charge in [0.15, 0.2) is 0 Å². The number of fused-ring (bicyclic) bond motifs is 1. The van der Waals surface area contributed by atoms with Crippen molar-refractivity contribution in [2.75, 3.05) is 31.2 Å². The van der Waals surface area contributed by atoms with Gasteiger partial charge in [0.1, 0.15) is 0 Å². The van der Waals surface area contributed by atoms with Crippen molar-refractivity contribution in [3.63, 3.8) is 0 Å². The molecule has 2 nitrogen and oxygen atoms in total. The highest BCUT2D eigenvalue weighted by atomic mass is 28.3. The second kappa shape index (κ2) is 5.82. The van der Waals surface area contributed by atoms with Crippen LogP contribution in [0.4, 0.5) is 5.69 Å². The number of anilines is 1. The van der Waals surface area contributed by atoms with E-state index in [0.29, 0.717) is 0 Å². The highest BCUT2D eigenvalue weighted by molar-refractivity contribution is 6.75. The molecule has 0 aliphatic carbocycles. The Balaban J connectivity index is 1.87. The van der Waals surface area contributed by atoms with Gasteiger partial charge >= 0.3 is 0 Å². The fourth-order valence-corrected chi connectivity index (χ4v) is 4.47. The number of benzene rings is 2. The molecule has 0 aromatic heterocycles. The first-order valence-electron chi connectivity index (χ1n) is 7.87. The Morgan fingerprint density at radius 3 is 2.33 bits per heavy atom. The van der Waals surface area contributed by atoms with Gasteiger partial charge in [0, 0.05) is 26.9 Å². The molecule has 3 heteroatoms. The van der Waals surface area contributed by atoms with Gasteiger partial charge in [-0.05, 0) is 28.9 Å². The highest BCUT2D eigenvalue weighted by Gasteiger charge is 2.14. The first kappa shape index (κ1) is 14.6. The minimum Gasteiger partial charge on any atom is -0.378 e. The van der Waals surface area contributed by atoms with Crippen molar-refractivity contribution in [1.82, 2.24) is 0 Å². The van der Waals surface area contributed by atoms with Crippen LogP contribution in [0.5, 0.6) is 0 Å². The van der Waals surface area contributed by atoms with Crippen molar-refractivity contribution in [3.8, 4) is 0 Å². The number of hydrogen-bond donors (Lipinski definition) is 0. The van der Waals surface area contributed by atoms with Crippen LogP contribution in [-0.2, 0) is 10.8 Å². The van der Waals surface area contributed by atoms with Crippen LogP contribution in [0.2, 0.25) is 19.6 Å². The maximum Gasteiger partial charge on any atom is 0.0642 e. The smallest absolute Gasteiger partial charge is 0.0642 e. The van der Waals surface area contributed by atoms with E-state index in [4.69, 9.17) is 4.74 Å². The maximum absolute atomic E-state index is 5.43. The van der Waals surface area contributed by atoms with Gasteiger partial charge in [-0.3, -0.25) is 0 Å². The lowest BCUT2D eigenvalue weighted by Crippen LogP contribution is -2.36. The van der Waals surface area contributed by atoms with Gasteiger partial charge < -0.3 is 9.64 Å². The van der Waals surface area contributed by atoms with Gasteiger partial charge in [0.2, 0.25) is 0 Å². The van der Waals surface area contributed by atoms with Crippen LogP contribution >= 0.6 is 0 Å². The van der Waals surface area contributed by atoms with Crippen LogP contribution in [0, 0.1) is 0 Å². The molecule has 0 radical (unpaired) electrons. The molecule has 1 fully saturated rings. The normalized spacial score (nSPS) is 16.4. The molecule has 0 saturated carbocycles. The number of nitrogens with zero attached hydrogens (tertiary/aromatic N) is 1. The van der Waals surface area contributed by atoms with Crippen molar-refractivity contribution in [2.24, 2.45) is 0 Å². The lowest BCUT2D eigenvalue weighted by Gasteiger charge is -2.29. The fraction of sp³-hybridized carbons (Fsp3) is 0.444. The summed E-state index contributed by atoms with van der Waals surface area (Å²) < 4.78 is 5.43. The van der Waals surface area contributed by atoms with E-state index in [9.17, 15) is 0 Å². The largest absolute Gasteiger partial charge is 0.378 e. The average molecular weight is 299 g/mol. The van der Waals surface area contributed by atoms with Gasteiger partial charge in [0.25, 0.3) is 0 Å². The van der Waals surface area contributed by atoms with E-state index >= 15 is 0 Å². The summed E-state index contributed by atoms with van der Waals surface area (Å²) in [7, 11) is -1.05. The van der Waals surface area contributed by atoms with Crippen LogP contribution in [-0.4, -0.2) is 34.4 Å². The van der Waals surface area contributed by atoms with Crippen LogP contribution < -0.4 is 4.90 Å². The lowest BCUT2D eigenvalue weighted by atomic mass is 10.1. The number of ether oxygens (including phenoxy) is 1. The molecule has 1 aliphatic heterocycles. The zero-order valence-corrected chi connectivity index (χ0v) is 14.4. The summed E-state index contributed by atoms with van der Waals surface area (Å²) in [6.45, 7) is 11.0. The number of morpholine rings is 1. The monoisotopic (exact) mass is 299 g/mol. The van der Waals surface area contributed by atoms with Crippen molar-refractivity contribution < 1.29 is 4.74 Å². The molecule has 0 atom stereocenters. The quantitative estimate of drug-likeness (QED) is 0.791. The lowest BCUT2D eigenvalue weighted by molar-refractivity contribution is 0.122. The Bertz CT molecular complexity index is 627. The minimum atomic E-state index is -1.05. The maximum atomic E-state index is 5.43. The molecule has 1 heterocycles. The number of hydrogen-bond acceptors (Lipinski definition) is 2. The van der Waals surface area contributed by atoms with E-state index in [0.717, 1.165) is 26.3 Å². The van der Waals surface area contributed by atoms with E-state index in [-0.39, 0.29) is 0 Å². The first-order chi connectivity index (χ1) is 10.0. The summed E-state index contributed by atoms with van der Waals surface area (Å²) >= 11 is 0. The van der Waals surface area contributed by atoms with E-state index in [1.165, 1.54) is 28.1 Å². The molecule has 0 N–H and O–H groups in total. The molecule has 3 rings (SSSR count). The van der Waals surface area contributed by atoms with Crippen molar-refractivity contribution >= 4 is 24.5 Å². The van der Waals surface area contributed by atoms with Crippen LogP contribution in [0.1, 0.15) is 5.56 Å².